The monoisotopic (exact) mass is 421 g/mol. The van der Waals surface area contributed by atoms with Crippen LogP contribution in [0.3, 0.4) is 0 Å². The highest BCUT2D eigenvalue weighted by molar-refractivity contribution is 5.95. The minimum absolute atomic E-state index is 0.0473. The van der Waals surface area contributed by atoms with Crippen LogP contribution >= 0.6 is 0 Å². The minimum atomic E-state index is -0.278. The molecule has 0 radical (unpaired) electrons. The van der Waals surface area contributed by atoms with Gasteiger partial charge in [-0.05, 0) is 61.4 Å². The molecule has 3 aromatic rings. The number of nitrogens with one attached hydrogen (secondary N) is 3. The third-order valence-electron chi connectivity index (χ3n) is 4.36. The van der Waals surface area contributed by atoms with Gasteiger partial charge >= 0.3 is 6.03 Å². The lowest BCUT2D eigenvalue weighted by atomic mass is 10.1. The minimum Gasteiger partial charge on any atom is -0.467 e. The summed E-state index contributed by atoms with van der Waals surface area (Å²) in [6.07, 6.45) is 1.62. The Bertz CT molecular complexity index is 982. The molecule has 0 saturated heterocycles. The molecule has 0 atom stereocenters. The van der Waals surface area contributed by atoms with E-state index < -0.39 is 0 Å². The molecular formula is C24H27N3O4. The number of amides is 3. The first-order valence-electron chi connectivity index (χ1n) is 10.1. The molecule has 7 nitrogen and oxygen atoms in total. The van der Waals surface area contributed by atoms with Crippen LogP contribution in [0.25, 0.3) is 0 Å². The molecule has 0 aliphatic carbocycles. The van der Waals surface area contributed by atoms with E-state index in [9.17, 15) is 9.59 Å². The molecule has 0 saturated carbocycles. The summed E-state index contributed by atoms with van der Waals surface area (Å²) in [7, 11) is 0. The summed E-state index contributed by atoms with van der Waals surface area (Å²) in [5.74, 6) is 0.600. The number of hydrogen-bond acceptors (Lipinski definition) is 4. The first-order chi connectivity index (χ1) is 15.0. The molecule has 0 unspecified atom stereocenters. The number of furan rings is 1. The first-order valence-corrected chi connectivity index (χ1v) is 10.1. The average Bonchev–Trinajstić information content (AvgIpc) is 3.26. The fourth-order valence-corrected chi connectivity index (χ4v) is 2.91. The van der Waals surface area contributed by atoms with Gasteiger partial charge < -0.3 is 25.1 Å². The van der Waals surface area contributed by atoms with Crippen LogP contribution in [0.2, 0.25) is 0 Å². The fourth-order valence-electron chi connectivity index (χ4n) is 2.91. The highest BCUT2D eigenvalue weighted by atomic mass is 16.5. The van der Waals surface area contributed by atoms with E-state index >= 15 is 0 Å². The second-order valence-electron chi connectivity index (χ2n) is 7.41. The highest BCUT2D eigenvalue weighted by Gasteiger charge is 2.08. The molecule has 3 amide bonds. The number of rotatable bonds is 9. The Morgan fingerprint density at radius 2 is 1.74 bits per heavy atom. The summed E-state index contributed by atoms with van der Waals surface area (Å²) in [5, 5.41) is 8.39. The van der Waals surface area contributed by atoms with Crippen LogP contribution in [0.15, 0.2) is 71.3 Å². The molecule has 7 heteroatoms. The van der Waals surface area contributed by atoms with Gasteiger partial charge in [0.2, 0.25) is 0 Å². The van der Waals surface area contributed by atoms with Crippen LogP contribution in [0, 0.1) is 0 Å². The van der Waals surface area contributed by atoms with Crippen molar-refractivity contribution in [3.63, 3.8) is 0 Å². The largest absolute Gasteiger partial charge is 0.467 e. The maximum atomic E-state index is 12.4. The topological polar surface area (TPSA) is 92.6 Å². The number of urea groups is 1. The van der Waals surface area contributed by atoms with E-state index in [1.165, 1.54) is 0 Å². The Kier molecular flexibility index (Phi) is 7.84. The van der Waals surface area contributed by atoms with E-state index in [4.69, 9.17) is 9.15 Å². The van der Waals surface area contributed by atoms with Crippen molar-refractivity contribution in [2.45, 2.75) is 39.6 Å². The maximum Gasteiger partial charge on any atom is 0.319 e. The number of carbonyl (C=O) groups is 2. The van der Waals surface area contributed by atoms with Crippen LogP contribution in [-0.4, -0.2) is 18.0 Å². The van der Waals surface area contributed by atoms with Gasteiger partial charge in [-0.1, -0.05) is 24.3 Å². The Morgan fingerprint density at radius 1 is 0.968 bits per heavy atom. The third-order valence-corrected chi connectivity index (χ3v) is 4.36. The molecule has 3 rings (SSSR count). The number of ether oxygens (including phenoxy) is 1. The molecule has 0 aliphatic heterocycles. The van der Waals surface area contributed by atoms with E-state index in [0.717, 1.165) is 16.9 Å². The quantitative estimate of drug-likeness (QED) is 0.476. The first kappa shape index (κ1) is 22.1. The smallest absolute Gasteiger partial charge is 0.319 e. The van der Waals surface area contributed by atoms with Gasteiger partial charge in [-0.3, -0.25) is 4.79 Å². The lowest BCUT2D eigenvalue weighted by Crippen LogP contribution is -2.34. The third kappa shape index (κ3) is 7.31. The number of hydrogen-bond donors (Lipinski definition) is 3. The lowest BCUT2D eigenvalue weighted by Gasteiger charge is -2.11. The second kappa shape index (κ2) is 11.0. The fraction of sp³-hybridized carbons (Fsp3) is 0.250. The van der Waals surface area contributed by atoms with Gasteiger partial charge in [-0.15, -0.1) is 0 Å². The zero-order valence-electron chi connectivity index (χ0n) is 17.7. The van der Waals surface area contributed by atoms with Crippen molar-refractivity contribution in [2.24, 2.45) is 0 Å². The van der Waals surface area contributed by atoms with Crippen LogP contribution in [0.1, 0.15) is 41.1 Å². The highest BCUT2D eigenvalue weighted by Crippen LogP contribution is 2.12. The Morgan fingerprint density at radius 3 is 2.45 bits per heavy atom. The van der Waals surface area contributed by atoms with Crippen molar-refractivity contribution in [3.05, 3.63) is 89.4 Å². The number of anilines is 1. The average molecular weight is 421 g/mol. The molecule has 0 fully saturated rings. The van der Waals surface area contributed by atoms with Crippen molar-refractivity contribution < 1.29 is 18.7 Å². The molecule has 162 valence electrons. The van der Waals surface area contributed by atoms with Crippen molar-refractivity contribution in [2.75, 3.05) is 5.32 Å². The Hall–Kier alpha value is -3.58. The summed E-state index contributed by atoms with van der Waals surface area (Å²) in [6, 6.07) is 18.1. The number of benzene rings is 2. The van der Waals surface area contributed by atoms with E-state index in [-0.39, 0.29) is 18.0 Å². The van der Waals surface area contributed by atoms with Crippen LogP contribution in [0.4, 0.5) is 10.5 Å². The Labute approximate surface area is 181 Å². The molecule has 1 heterocycles. The molecule has 0 bridgehead atoms. The molecule has 31 heavy (non-hydrogen) atoms. The predicted molar refractivity (Wildman–Crippen MR) is 119 cm³/mol. The Balaban J connectivity index is 1.47. The lowest BCUT2D eigenvalue weighted by molar-refractivity contribution is 0.0928. The van der Waals surface area contributed by atoms with Crippen LogP contribution in [0.5, 0.6) is 0 Å². The molecular weight excluding hydrogens is 394 g/mol. The van der Waals surface area contributed by atoms with Gasteiger partial charge in [0.25, 0.3) is 5.91 Å². The second-order valence-corrected chi connectivity index (χ2v) is 7.41. The van der Waals surface area contributed by atoms with Crippen molar-refractivity contribution >= 4 is 17.6 Å². The summed E-state index contributed by atoms with van der Waals surface area (Å²) in [5.41, 5.74) is 3.15. The van der Waals surface area contributed by atoms with Gasteiger partial charge in [0.15, 0.2) is 0 Å². The predicted octanol–water partition coefficient (Wildman–Crippen LogP) is 4.46. The van der Waals surface area contributed by atoms with Gasteiger partial charge in [0, 0.05) is 23.8 Å². The van der Waals surface area contributed by atoms with Gasteiger partial charge in [0.05, 0.1) is 12.9 Å². The van der Waals surface area contributed by atoms with Gasteiger partial charge in [-0.25, -0.2) is 4.79 Å². The van der Waals surface area contributed by atoms with Crippen molar-refractivity contribution in [1.29, 1.82) is 0 Å². The standard InChI is InChI=1S/C24H27N3O4/c1-17(2)26-24(29)27-21-10-8-20(9-11-21)23(28)25-14-18-5-3-6-19(13-18)15-30-16-22-7-4-12-31-22/h3-13,17H,14-16H2,1-2H3,(H,25,28)(H2,26,27,29). The van der Waals surface area contributed by atoms with Gasteiger partial charge in [-0.2, -0.15) is 0 Å². The summed E-state index contributed by atoms with van der Waals surface area (Å²) in [6.45, 7) is 5.05. The van der Waals surface area contributed by atoms with Crippen LogP contribution in [-0.2, 0) is 24.5 Å². The summed E-state index contributed by atoms with van der Waals surface area (Å²) < 4.78 is 10.9. The van der Waals surface area contributed by atoms with E-state index in [2.05, 4.69) is 16.0 Å². The number of carbonyl (C=O) groups excluding carboxylic acids is 2. The molecule has 2 aromatic carbocycles. The summed E-state index contributed by atoms with van der Waals surface area (Å²) >= 11 is 0. The SMILES string of the molecule is CC(C)NC(=O)Nc1ccc(C(=O)NCc2cccc(COCc3ccco3)c2)cc1. The summed E-state index contributed by atoms with van der Waals surface area (Å²) in [4.78, 5) is 24.2. The van der Waals surface area contributed by atoms with E-state index in [1.807, 2.05) is 50.2 Å². The van der Waals surface area contributed by atoms with Crippen molar-refractivity contribution in [1.82, 2.24) is 10.6 Å². The normalized spacial score (nSPS) is 10.7. The van der Waals surface area contributed by atoms with E-state index in [0.29, 0.717) is 31.0 Å². The van der Waals surface area contributed by atoms with Gasteiger partial charge in [0.1, 0.15) is 12.4 Å². The molecule has 3 N–H and O–H groups in total. The van der Waals surface area contributed by atoms with E-state index in [1.54, 1.807) is 30.5 Å². The maximum absolute atomic E-state index is 12.4. The molecule has 0 spiro atoms. The van der Waals surface area contributed by atoms with Crippen molar-refractivity contribution in [3.8, 4) is 0 Å². The molecule has 0 aliphatic rings. The molecule has 1 aromatic heterocycles. The zero-order chi connectivity index (χ0) is 22.1. The zero-order valence-corrected chi connectivity index (χ0v) is 17.7. The van der Waals surface area contributed by atoms with Crippen LogP contribution < -0.4 is 16.0 Å².